The largest absolute Gasteiger partial charge is 0.481 e. The number of rotatable bonds is 21. The fourth-order valence-corrected chi connectivity index (χ4v) is 6.71. The summed E-state index contributed by atoms with van der Waals surface area (Å²) in [6.45, 7) is 5.23. The zero-order valence-electron chi connectivity index (χ0n) is 35.6. The minimum absolute atomic E-state index is 0.00866. The number of ether oxygens (including phenoxy) is 1. The van der Waals surface area contributed by atoms with Crippen molar-refractivity contribution in [2.24, 2.45) is 5.73 Å². The first-order valence-electron chi connectivity index (χ1n) is 20.2. The van der Waals surface area contributed by atoms with Gasteiger partial charge in [0.2, 0.25) is 29.5 Å². The number of amides is 6. The third-order valence-corrected chi connectivity index (χ3v) is 9.93. The van der Waals surface area contributed by atoms with Gasteiger partial charge in [0, 0.05) is 69.1 Å². The summed E-state index contributed by atoms with van der Waals surface area (Å²) >= 11 is 0. The average molecular weight is 853 g/mol. The average Bonchev–Trinajstić information content (AvgIpc) is 3.64. The molecule has 62 heavy (non-hydrogen) atoms. The van der Waals surface area contributed by atoms with Crippen LogP contribution in [0.15, 0.2) is 91.4 Å². The summed E-state index contributed by atoms with van der Waals surface area (Å²) in [5.41, 5.74) is 7.76. The van der Waals surface area contributed by atoms with Gasteiger partial charge in [0.25, 0.3) is 0 Å². The Balaban J connectivity index is 1.59. The van der Waals surface area contributed by atoms with E-state index in [0.29, 0.717) is 17.5 Å². The monoisotopic (exact) mass is 852 g/mol. The number of nitrogens with one attached hydrogen (secondary N) is 4. The van der Waals surface area contributed by atoms with E-state index in [1.807, 2.05) is 24.3 Å². The van der Waals surface area contributed by atoms with Crippen molar-refractivity contribution in [2.45, 2.75) is 89.1 Å². The number of aromatic nitrogens is 2. The van der Waals surface area contributed by atoms with Gasteiger partial charge in [-0.25, -0.2) is 4.79 Å². The van der Waals surface area contributed by atoms with Crippen LogP contribution in [-0.2, 0) is 46.3 Å². The van der Waals surface area contributed by atoms with E-state index in [0.717, 1.165) is 26.3 Å². The molecule has 2 heterocycles. The second-order valence-electron chi connectivity index (χ2n) is 15.8. The number of hydrogen-bond donors (Lipinski definition) is 6. The molecule has 0 radical (unpaired) electrons. The molecule has 0 aliphatic rings. The van der Waals surface area contributed by atoms with Crippen LogP contribution in [0.5, 0.6) is 0 Å². The summed E-state index contributed by atoms with van der Waals surface area (Å²) in [6, 6.07) is 14.3. The van der Waals surface area contributed by atoms with Gasteiger partial charge in [-0.3, -0.25) is 33.8 Å². The van der Waals surface area contributed by atoms with Gasteiger partial charge in [-0.05, 0) is 74.9 Å². The summed E-state index contributed by atoms with van der Waals surface area (Å²) in [6.07, 6.45) is 6.87. The van der Waals surface area contributed by atoms with Crippen LogP contribution in [-0.4, -0.2) is 117 Å². The number of benzene rings is 2. The van der Waals surface area contributed by atoms with Crippen LogP contribution in [0.1, 0.15) is 63.1 Å². The molecule has 6 amide bonds. The molecule has 0 bridgehead atoms. The van der Waals surface area contributed by atoms with E-state index in [4.69, 9.17) is 10.5 Å². The molecule has 4 atom stereocenters. The number of carbonyl (C=O) groups is 7. The Morgan fingerprint density at radius 3 is 2.21 bits per heavy atom. The number of nitrogens with two attached hydrogens (primary N) is 1. The number of fused-ring (bicyclic) bond motifs is 1. The quantitative estimate of drug-likeness (QED) is 0.0527. The lowest BCUT2D eigenvalue weighted by Crippen LogP contribution is -2.59. The minimum atomic E-state index is -1.62. The fraction of sp³-hybridized carbons (Fsp3) is 0.378. The molecule has 0 saturated carbocycles. The van der Waals surface area contributed by atoms with Crippen molar-refractivity contribution >= 4 is 58.6 Å². The summed E-state index contributed by atoms with van der Waals surface area (Å²) in [7, 11) is 2.56. The molecule has 0 saturated heterocycles. The number of primary amides is 1. The van der Waals surface area contributed by atoms with Gasteiger partial charge in [0.1, 0.15) is 29.8 Å². The van der Waals surface area contributed by atoms with Crippen molar-refractivity contribution in [1.29, 1.82) is 0 Å². The van der Waals surface area contributed by atoms with Crippen molar-refractivity contribution < 1.29 is 43.4 Å². The van der Waals surface area contributed by atoms with Crippen LogP contribution in [0.4, 0.5) is 4.79 Å². The van der Waals surface area contributed by atoms with E-state index >= 15 is 0 Å². The molecule has 0 fully saturated rings. The van der Waals surface area contributed by atoms with Crippen molar-refractivity contribution in [3.63, 3.8) is 0 Å². The number of pyridine rings is 1. The SMILES string of the molecule is CN(C(=O)[C@H](CCCCNC(=O)/C=C/c1cccnc1)NC(=O)C(Cc1c[nH]c2ccccc12)NC(=O)OC(C)(C)C)[C@@H](CC(=O)O)C(=O)N(C)[C@@H](Cc1ccccc1)C(N)=O. The highest BCUT2D eigenvalue weighted by Gasteiger charge is 2.38. The molecule has 17 heteroatoms. The number of alkyl carbamates (subject to hydrolysis) is 1. The maximum atomic E-state index is 14.5. The lowest BCUT2D eigenvalue weighted by molar-refractivity contribution is -0.152. The molecule has 17 nitrogen and oxygen atoms in total. The highest BCUT2D eigenvalue weighted by Crippen LogP contribution is 2.21. The Labute approximate surface area is 360 Å². The first-order valence-corrected chi connectivity index (χ1v) is 20.2. The molecule has 0 aliphatic heterocycles. The van der Waals surface area contributed by atoms with Crippen LogP contribution in [0.3, 0.4) is 0 Å². The van der Waals surface area contributed by atoms with Crippen molar-refractivity contribution in [1.82, 2.24) is 35.7 Å². The van der Waals surface area contributed by atoms with Crippen molar-refractivity contribution in [3.8, 4) is 0 Å². The molecular weight excluding hydrogens is 797 g/mol. The van der Waals surface area contributed by atoms with Gasteiger partial charge in [-0.15, -0.1) is 0 Å². The number of carbonyl (C=O) groups excluding carboxylic acids is 6. The van der Waals surface area contributed by atoms with E-state index in [9.17, 15) is 38.7 Å². The maximum Gasteiger partial charge on any atom is 0.408 e. The summed E-state index contributed by atoms with van der Waals surface area (Å²) in [5, 5.41) is 18.9. The van der Waals surface area contributed by atoms with Gasteiger partial charge in [0.15, 0.2) is 0 Å². The van der Waals surface area contributed by atoms with Gasteiger partial charge in [0.05, 0.1) is 6.42 Å². The molecule has 0 aliphatic carbocycles. The second-order valence-corrected chi connectivity index (χ2v) is 15.8. The first-order chi connectivity index (χ1) is 29.4. The number of hydrogen-bond acceptors (Lipinski definition) is 9. The highest BCUT2D eigenvalue weighted by atomic mass is 16.6. The Bertz CT molecular complexity index is 2200. The van der Waals surface area contributed by atoms with Gasteiger partial charge in [-0.1, -0.05) is 54.6 Å². The lowest BCUT2D eigenvalue weighted by Gasteiger charge is -2.35. The van der Waals surface area contributed by atoms with Gasteiger partial charge in [-0.2, -0.15) is 0 Å². The number of carboxylic acids is 1. The van der Waals surface area contributed by atoms with Crippen molar-refractivity contribution in [3.05, 3.63) is 108 Å². The van der Waals surface area contributed by atoms with Crippen LogP contribution in [0.2, 0.25) is 0 Å². The first kappa shape index (κ1) is 47.6. The van der Waals surface area contributed by atoms with E-state index in [1.165, 1.54) is 20.2 Å². The number of aliphatic carboxylic acids is 1. The summed E-state index contributed by atoms with van der Waals surface area (Å²) in [4.78, 5) is 102. The van der Waals surface area contributed by atoms with Crippen molar-refractivity contribution in [2.75, 3.05) is 20.6 Å². The number of unbranched alkanes of at least 4 members (excludes halogenated alkanes) is 1. The number of nitrogens with zero attached hydrogens (tertiary/aromatic N) is 3. The Hall–Kier alpha value is -7.04. The third-order valence-electron chi connectivity index (χ3n) is 9.93. The van der Waals surface area contributed by atoms with E-state index in [1.54, 1.807) is 87.9 Å². The number of carboxylic acid groups (broad SMARTS) is 1. The predicted molar refractivity (Wildman–Crippen MR) is 232 cm³/mol. The summed E-state index contributed by atoms with van der Waals surface area (Å²) in [5.74, 6) is -5.02. The minimum Gasteiger partial charge on any atom is -0.481 e. The number of para-hydroxylation sites is 1. The zero-order chi connectivity index (χ0) is 45.4. The van der Waals surface area contributed by atoms with Crippen LogP contribution < -0.4 is 21.7 Å². The molecule has 1 unspecified atom stereocenters. The summed E-state index contributed by atoms with van der Waals surface area (Å²) < 4.78 is 5.47. The highest BCUT2D eigenvalue weighted by molar-refractivity contribution is 5.97. The molecule has 2 aromatic heterocycles. The Morgan fingerprint density at radius 2 is 1.55 bits per heavy atom. The van der Waals surface area contributed by atoms with E-state index in [2.05, 4.69) is 25.9 Å². The Kier molecular flexibility index (Phi) is 17.3. The smallest absolute Gasteiger partial charge is 0.408 e. The standard InChI is InChI=1S/C45H56N8O9/c1-45(2,3)62-44(61)51-35(25-31-28-49-33-18-10-9-17-32(31)33)41(58)50-34(19-11-12-23-48-38(54)21-20-30-16-13-22-47-27-30)42(59)53(5)37(26-39(55)56)43(60)52(4)36(40(46)57)24-29-14-7-6-8-15-29/h6-10,13-18,20-22,27-28,34-37,49H,11-12,19,23-26H2,1-5H3,(H2,46,57)(H,48,54)(H,50,58)(H,51,61)(H,55,56)/b21-20+/t34-,35?,36-,37-/m0/s1. The number of H-pyrrole nitrogens is 1. The molecule has 4 rings (SSSR count). The second kappa shape index (κ2) is 22.5. The van der Waals surface area contributed by atoms with E-state index < -0.39 is 71.9 Å². The normalized spacial score (nSPS) is 13.3. The third kappa shape index (κ3) is 14.6. The number of likely N-dealkylation sites (N-methyl/N-ethyl adjacent to an activating group) is 2. The maximum absolute atomic E-state index is 14.5. The zero-order valence-corrected chi connectivity index (χ0v) is 35.6. The van der Waals surface area contributed by atoms with E-state index in [-0.39, 0.29) is 38.1 Å². The molecular formula is C45H56N8O9. The molecule has 0 spiro atoms. The lowest BCUT2D eigenvalue weighted by atomic mass is 10.0. The van der Waals surface area contributed by atoms with Gasteiger partial charge < -0.3 is 46.3 Å². The number of aromatic amines is 1. The Morgan fingerprint density at radius 1 is 0.855 bits per heavy atom. The van der Waals surface area contributed by atoms with Gasteiger partial charge >= 0.3 is 12.1 Å². The van der Waals surface area contributed by atoms with Crippen LogP contribution in [0.25, 0.3) is 17.0 Å². The topological polar surface area (TPSA) is 246 Å². The van der Waals surface area contributed by atoms with Crippen LogP contribution >= 0.6 is 0 Å². The molecule has 7 N–H and O–H groups in total. The fourth-order valence-electron chi connectivity index (χ4n) is 6.71. The predicted octanol–water partition coefficient (Wildman–Crippen LogP) is 3.34. The molecule has 2 aromatic carbocycles. The molecule has 330 valence electrons. The molecule has 4 aromatic rings. The van der Waals surface area contributed by atoms with Crippen LogP contribution in [0, 0.1) is 0 Å².